The van der Waals surface area contributed by atoms with Crippen LogP contribution < -0.4 is 0 Å². The molecule has 0 radical (unpaired) electrons. The lowest BCUT2D eigenvalue weighted by atomic mass is 9.76. The summed E-state index contributed by atoms with van der Waals surface area (Å²) in [6.07, 6.45) is 7.79. The van der Waals surface area contributed by atoms with Crippen LogP contribution in [0.4, 0.5) is 0 Å². The number of amides is 3. The molecule has 0 aliphatic carbocycles. The lowest BCUT2D eigenvalue weighted by Crippen LogP contribution is -2.47. The number of aromatic nitrogens is 1. The standard InChI is InChI=1S/C22H26N4O4/c1-15(27)24-8-3-9-25(11-10-24)20(28)18-17-5-6-22(30-17)14-26(21(29)19(18)22)13-16-4-2-7-23-12-16/h2,4-7,12,17-19H,3,8-11,13-14H2,1H3/t17-,18-,19+,22-/m0/s1. The van der Waals surface area contributed by atoms with Gasteiger partial charge in [-0.1, -0.05) is 18.2 Å². The van der Waals surface area contributed by atoms with Crippen LogP contribution in [0.3, 0.4) is 0 Å². The van der Waals surface area contributed by atoms with Crippen molar-refractivity contribution >= 4 is 17.7 Å². The highest BCUT2D eigenvalue weighted by Crippen LogP contribution is 2.52. The highest BCUT2D eigenvalue weighted by Gasteiger charge is 2.67. The van der Waals surface area contributed by atoms with Crippen LogP contribution in [0.1, 0.15) is 18.9 Å². The van der Waals surface area contributed by atoms with Crippen molar-refractivity contribution in [3.8, 4) is 0 Å². The third kappa shape index (κ3) is 3.01. The summed E-state index contributed by atoms with van der Waals surface area (Å²) in [6.45, 7) is 4.78. The normalized spacial score (nSPS) is 32.5. The molecule has 3 fully saturated rings. The molecule has 5 rings (SSSR count). The molecule has 1 aromatic heterocycles. The lowest BCUT2D eigenvalue weighted by Gasteiger charge is -2.29. The van der Waals surface area contributed by atoms with Crippen molar-refractivity contribution in [1.29, 1.82) is 0 Å². The van der Waals surface area contributed by atoms with Crippen LogP contribution >= 0.6 is 0 Å². The number of likely N-dealkylation sites (tertiary alicyclic amines) is 1. The molecule has 3 saturated heterocycles. The Kier molecular flexibility index (Phi) is 4.61. The predicted molar refractivity (Wildman–Crippen MR) is 107 cm³/mol. The van der Waals surface area contributed by atoms with E-state index in [0.717, 1.165) is 12.0 Å². The fourth-order valence-corrected chi connectivity index (χ4v) is 5.37. The van der Waals surface area contributed by atoms with Gasteiger partial charge in [0.2, 0.25) is 17.7 Å². The van der Waals surface area contributed by atoms with Gasteiger partial charge in [-0.05, 0) is 18.1 Å². The van der Waals surface area contributed by atoms with Crippen LogP contribution in [-0.2, 0) is 25.7 Å². The maximum Gasteiger partial charge on any atom is 0.230 e. The van der Waals surface area contributed by atoms with E-state index in [9.17, 15) is 14.4 Å². The zero-order valence-electron chi connectivity index (χ0n) is 17.1. The van der Waals surface area contributed by atoms with E-state index in [2.05, 4.69) is 4.98 Å². The number of hydrogen-bond acceptors (Lipinski definition) is 5. The Labute approximate surface area is 175 Å². The summed E-state index contributed by atoms with van der Waals surface area (Å²) >= 11 is 0. The third-order valence-electron chi connectivity index (χ3n) is 6.81. The van der Waals surface area contributed by atoms with Gasteiger partial charge in [-0.2, -0.15) is 0 Å². The Bertz CT molecular complexity index is 904. The smallest absolute Gasteiger partial charge is 0.230 e. The van der Waals surface area contributed by atoms with Crippen molar-refractivity contribution in [2.24, 2.45) is 11.8 Å². The van der Waals surface area contributed by atoms with Crippen molar-refractivity contribution in [3.05, 3.63) is 42.2 Å². The maximum atomic E-state index is 13.5. The van der Waals surface area contributed by atoms with Gasteiger partial charge in [-0.25, -0.2) is 0 Å². The molecule has 4 aliphatic heterocycles. The van der Waals surface area contributed by atoms with Gasteiger partial charge in [0, 0.05) is 52.0 Å². The number of carbonyl (C=O) groups excluding carboxylic acids is 3. The largest absolute Gasteiger partial charge is 0.360 e. The molecule has 5 heterocycles. The molecule has 1 spiro atoms. The van der Waals surface area contributed by atoms with E-state index in [1.165, 1.54) is 0 Å². The van der Waals surface area contributed by atoms with E-state index in [4.69, 9.17) is 4.74 Å². The third-order valence-corrected chi connectivity index (χ3v) is 6.81. The number of pyridine rings is 1. The SMILES string of the molecule is CC(=O)N1CCCN(C(=O)[C@H]2[C@@H]3C=C[C@@]4(CN(Cc5cccnc5)C(=O)[C@@H]24)O3)CC1. The minimum Gasteiger partial charge on any atom is -0.360 e. The van der Waals surface area contributed by atoms with Gasteiger partial charge >= 0.3 is 0 Å². The number of nitrogens with zero attached hydrogens (tertiary/aromatic N) is 4. The molecule has 4 aliphatic rings. The Balaban J connectivity index is 1.34. The molecule has 0 unspecified atom stereocenters. The summed E-state index contributed by atoms with van der Waals surface area (Å²) in [6, 6.07) is 3.80. The number of fused-ring (bicyclic) bond motifs is 1. The molecule has 3 amide bonds. The Morgan fingerprint density at radius 3 is 2.80 bits per heavy atom. The van der Waals surface area contributed by atoms with Crippen molar-refractivity contribution in [3.63, 3.8) is 0 Å². The summed E-state index contributed by atoms with van der Waals surface area (Å²) in [5, 5.41) is 0. The van der Waals surface area contributed by atoms with E-state index in [0.29, 0.717) is 39.3 Å². The molecule has 30 heavy (non-hydrogen) atoms. The second-order valence-corrected chi connectivity index (χ2v) is 8.64. The lowest BCUT2D eigenvalue weighted by molar-refractivity contribution is -0.143. The van der Waals surface area contributed by atoms with Gasteiger partial charge in [0.05, 0.1) is 24.5 Å². The first-order valence-electron chi connectivity index (χ1n) is 10.6. The molecular formula is C22H26N4O4. The van der Waals surface area contributed by atoms with Crippen molar-refractivity contribution in [2.75, 3.05) is 32.7 Å². The summed E-state index contributed by atoms with van der Waals surface area (Å²) < 4.78 is 6.24. The molecule has 2 bridgehead atoms. The Morgan fingerprint density at radius 2 is 2.03 bits per heavy atom. The topological polar surface area (TPSA) is 83.1 Å². The summed E-state index contributed by atoms with van der Waals surface area (Å²) in [5.74, 6) is -0.997. The first-order chi connectivity index (χ1) is 14.5. The van der Waals surface area contributed by atoms with Gasteiger partial charge in [0.1, 0.15) is 5.60 Å². The monoisotopic (exact) mass is 410 g/mol. The van der Waals surface area contributed by atoms with E-state index in [-0.39, 0.29) is 23.8 Å². The molecule has 0 N–H and O–H groups in total. The van der Waals surface area contributed by atoms with Crippen molar-refractivity contribution < 1.29 is 19.1 Å². The average Bonchev–Trinajstić information content (AvgIpc) is 3.28. The predicted octanol–water partition coefficient (Wildman–Crippen LogP) is 0.444. The van der Waals surface area contributed by atoms with Crippen molar-refractivity contribution in [1.82, 2.24) is 19.7 Å². The summed E-state index contributed by atoms with van der Waals surface area (Å²) in [4.78, 5) is 48.1. The van der Waals surface area contributed by atoms with Crippen LogP contribution in [0.25, 0.3) is 0 Å². The van der Waals surface area contributed by atoms with Crippen LogP contribution in [0.15, 0.2) is 36.7 Å². The van der Waals surface area contributed by atoms with Gasteiger partial charge in [-0.15, -0.1) is 0 Å². The first kappa shape index (κ1) is 19.2. The van der Waals surface area contributed by atoms with E-state index < -0.39 is 17.4 Å². The second kappa shape index (κ2) is 7.19. The molecule has 1 aromatic rings. The van der Waals surface area contributed by atoms with Crippen LogP contribution in [-0.4, -0.2) is 81.8 Å². The highest BCUT2D eigenvalue weighted by molar-refractivity contribution is 5.93. The summed E-state index contributed by atoms with van der Waals surface area (Å²) in [5.41, 5.74) is 0.252. The number of ether oxygens (including phenoxy) is 1. The molecule has 8 heteroatoms. The highest BCUT2D eigenvalue weighted by atomic mass is 16.5. The fraction of sp³-hybridized carbons (Fsp3) is 0.545. The minimum atomic E-state index is -0.707. The van der Waals surface area contributed by atoms with Gasteiger partial charge in [0.25, 0.3) is 0 Å². The Morgan fingerprint density at radius 1 is 1.23 bits per heavy atom. The van der Waals surface area contributed by atoms with E-state index in [1.54, 1.807) is 29.1 Å². The average molecular weight is 410 g/mol. The van der Waals surface area contributed by atoms with Crippen molar-refractivity contribution in [2.45, 2.75) is 31.6 Å². The minimum absolute atomic E-state index is 0.0239. The van der Waals surface area contributed by atoms with Gasteiger partial charge < -0.3 is 19.4 Å². The molecule has 4 atom stereocenters. The van der Waals surface area contributed by atoms with Gasteiger partial charge in [-0.3, -0.25) is 19.4 Å². The summed E-state index contributed by atoms with van der Waals surface area (Å²) in [7, 11) is 0. The van der Waals surface area contributed by atoms with Crippen LogP contribution in [0, 0.1) is 11.8 Å². The molecule has 0 saturated carbocycles. The zero-order chi connectivity index (χ0) is 20.9. The fourth-order valence-electron chi connectivity index (χ4n) is 5.37. The quantitative estimate of drug-likeness (QED) is 0.676. The maximum absolute atomic E-state index is 13.5. The number of rotatable bonds is 3. The molecule has 0 aromatic carbocycles. The number of carbonyl (C=O) groups is 3. The second-order valence-electron chi connectivity index (χ2n) is 8.64. The van der Waals surface area contributed by atoms with Crippen LogP contribution in [0.5, 0.6) is 0 Å². The Hall–Kier alpha value is -2.74. The van der Waals surface area contributed by atoms with E-state index >= 15 is 0 Å². The molecule has 8 nitrogen and oxygen atoms in total. The zero-order valence-corrected chi connectivity index (χ0v) is 17.1. The number of hydrogen-bond donors (Lipinski definition) is 0. The molecular weight excluding hydrogens is 384 g/mol. The molecule has 158 valence electrons. The van der Waals surface area contributed by atoms with Gasteiger partial charge in [0.15, 0.2) is 0 Å². The van der Waals surface area contributed by atoms with E-state index in [1.807, 2.05) is 29.2 Å². The van der Waals surface area contributed by atoms with Crippen LogP contribution in [0.2, 0.25) is 0 Å². The first-order valence-corrected chi connectivity index (χ1v) is 10.6.